The summed E-state index contributed by atoms with van der Waals surface area (Å²) in [7, 11) is 3.56. The number of para-hydroxylation sites is 2. The Morgan fingerprint density at radius 2 is 1.73 bits per heavy atom. The van der Waals surface area contributed by atoms with Crippen LogP contribution in [0.1, 0.15) is 38.8 Å². The molecule has 0 saturated carbocycles. The van der Waals surface area contributed by atoms with Gasteiger partial charge in [0.15, 0.2) is 0 Å². The molecule has 2 aromatic carbocycles. The van der Waals surface area contributed by atoms with E-state index in [1.165, 1.54) is 11.1 Å². The SMILES string of the molecule is COc1ccccc1NC(=O)[C@H](C)N(C)Cc1ccc(C(C)(C)C)cc1. The molecule has 0 saturated heterocycles. The molecular formula is C22H30N2O2. The number of nitrogens with one attached hydrogen (secondary N) is 1. The molecule has 0 radical (unpaired) electrons. The van der Waals surface area contributed by atoms with Crippen molar-refractivity contribution in [3.63, 3.8) is 0 Å². The fourth-order valence-corrected chi connectivity index (χ4v) is 2.72. The van der Waals surface area contributed by atoms with Gasteiger partial charge < -0.3 is 10.1 Å². The number of carbonyl (C=O) groups is 1. The van der Waals surface area contributed by atoms with E-state index < -0.39 is 0 Å². The summed E-state index contributed by atoms with van der Waals surface area (Å²) in [5.74, 6) is 0.608. The van der Waals surface area contributed by atoms with E-state index >= 15 is 0 Å². The van der Waals surface area contributed by atoms with Crippen molar-refractivity contribution in [2.45, 2.75) is 45.7 Å². The predicted octanol–water partition coefficient (Wildman–Crippen LogP) is 4.45. The molecule has 140 valence electrons. The third-order valence-corrected chi connectivity index (χ3v) is 4.66. The third-order valence-electron chi connectivity index (χ3n) is 4.66. The summed E-state index contributed by atoms with van der Waals surface area (Å²) < 4.78 is 5.29. The Balaban J connectivity index is 2.00. The molecule has 4 heteroatoms. The summed E-state index contributed by atoms with van der Waals surface area (Å²) in [5.41, 5.74) is 3.34. The maximum absolute atomic E-state index is 12.6. The van der Waals surface area contributed by atoms with Gasteiger partial charge in [0, 0.05) is 6.54 Å². The Hall–Kier alpha value is -2.33. The first-order valence-electron chi connectivity index (χ1n) is 8.96. The van der Waals surface area contributed by atoms with Gasteiger partial charge in [-0.3, -0.25) is 9.69 Å². The van der Waals surface area contributed by atoms with Crippen LogP contribution in [-0.4, -0.2) is 31.0 Å². The van der Waals surface area contributed by atoms with E-state index in [0.29, 0.717) is 18.0 Å². The zero-order valence-electron chi connectivity index (χ0n) is 16.7. The van der Waals surface area contributed by atoms with Crippen LogP contribution in [0.15, 0.2) is 48.5 Å². The van der Waals surface area contributed by atoms with Crippen molar-refractivity contribution < 1.29 is 9.53 Å². The summed E-state index contributed by atoms with van der Waals surface area (Å²) in [4.78, 5) is 14.6. The van der Waals surface area contributed by atoms with Gasteiger partial charge in [0.25, 0.3) is 0 Å². The molecule has 26 heavy (non-hydrogen) atoms. The first-order valence-corrected chi connectivity index (χ1v) is 8.96. The number of anilines is 1. The van der Waals surface area contributed by atoms with E-state index in [2.05, 4.69) is 50.4 Å². The van der Waals surface area contributed by atoms with Crippen LogP contribution in [0.2, 0.25) is 0 Å². The lowest BCUT2D eigenvalue weighted by Gasteiger charge is -2.25. The van der Waals surface area contributed by atoms with E-state index in [0.717, 1.165) is 0 Å². The van der Waals surface area contributed by atoms with Crippen molar-refractivity contribution in [2.24, 2.45) is 0 Å². The molecule has 4 nitrogen and oxygen atoms in total. The number of benzene rings is 2. The van der Waals surface area contributed by atoms with Crippen molar-refractivity contribution in [2.75, 3.05) is 19.5 Å². The van der Waals surface area contributed by atoms with Crippen LogP contribution in [0.3, 0.4) is 0 Å². The largest absolute Gasteiger partial charge is 0.495 e. The Morgan fingerprint density at radius 1 is 1.12 bits per heavy atom. The number of rotatable bonds is 6. The minimum Gasteiger partial charge on any atom is -0.495 e. The lowest BCUT2D eigenvalue weighted by atomic mass is 9.87. The molecule has 1 N–H and O–H groups in total. The van der Waals surface area contributed by atoms with Crippen LogP contribution >= 0.6 is 0 Å². The summed E-state index contributed by atoms with van der Waals surface area (Å²) >= 11 is 0. The number of hydrogen-bond donors (Lipinski definition) is 1. The second-order valence-electron chi connectivity index (χ2n) is 7.73. The minimum atomic E-state index is -0.262. The van der Waals surface area contributed by atoms with E-state index in [4.69, 9.17) is 4.74 Å². The first kappa shape index (κ1) is 20.0. The fraction of sp³-hybridized carbons (Fsp3) is 0.409. The quantitative estimate of drug-likeness (QED) is 0.833. The Bertz CT molecular complexity index is 733. The number of likely N-dealkylation sites (N-methyl/N-ethyl adjacent to an activating group) is 1. The van der Waals surface area contributed by atoms with Gasteiger partial charge in [0.05, 0.1) is 18.8 Å². The maximum Gasteiger partial charge on any atom is 0.241 e. The first-order chi connectivity index (χ1) is 12.2. The number of methoxy groups -OCH3 is 1. The van der Waals surface area contributed by atoms with Crippen molar-refractivity contribution in [3.8, 4) is 5.75 Å². The molecule has 0 aliphatic carbocycles. The molecule has 1 atom stereocenters. The van der Waals surface area contributed by atoms with Gasteiger partial charge in [-0.2, -0.15) is 0 Å². The second kappa shape index (κ2) is 8.37. The van der Waals surface area contributed by atoms with Gasteiger partial charge in [-0.1, -0.05) is 57.2 Å². The number of amides is 1. The molecular weight excluding hydrogens is 324 g/mol. The fourth-order valence-electron chi connectivity index (χ4n) is 2.72. The van der Waals surface area contributed by atoms with Crippen molar-refractivity contribution in [1.82, 2.24) is 4.90 Å². The average molecular weight is 354 g/mol. The van der Waals surface area contributed by atoms with E-state index in [1.54, 1.807) is 7.11 Å². The van der Waals surface area contributed by atoms with Crippen LogP contribution in [0.4, 0.5) is 5.69 Å². The lowest BCUT2D eigenvalue weighted by molar-refractivity contribution is -0.120. The molecule has 0 unspecified atom stereocenters. The van der Waals surface area contributed by atoms with Crippen molar-refractivity contribution >= 4 is 11.6 Å². The van der Waals surface area contributed by atoms with Gasteiger partial charge in [0.2, 0.25) is 5.91 Å². The molecule has 2 rings (SSSR count). The normalized spacial score (nSPS) is 12.7. The van der Waals surface area contributed by atoms with Crippen molar-refractivity contribution in [1.29, 1.82) is 0 Å². The number of hydrogen-bond acceptors (Lipinski definition) is 3. The molecule has 0 heterocycles. The monoisotopic (exact) mass is 354 g/mol. The molecule has 0 aliphatic heterocycles. The highest BCUT2D eigenvalue weighted by atomic mass is 16.5. The van der Waals surface area contributed by atoms with Gasteiger partial charge in [-0.25, -0.2) is 0 Å². The number of nitrogens with zero attached hydrogens (tertiary/aromatic N) is 1. The van der Waals surface area contributed by atoms with Crippen LogP contribution in [0.25, 0.3) is 0 Å². The molecule has 0 aromatic heterocycles. The standard InChI is InChI=1S/C22H30N2O2/c1-16(21(25)23-19-9-7-8-10-20(19)26-6)24(5)15-17-11-13-18(14-12-17)22(2,3)4/h7-14,16H,15H2,1-6H3,(H,23,25)/t16-/m0/s1. The Labute approximate surface area is 157 Å². The molecule has 0 bridgehead atoms. The van der Waals surface area contributed by atoms with E-state index in [-0.39, 0.29) is 17.4 Å². The summed E-state index contributed by atoms with van der Waals surface area (Å²) in [6.07, 6.45) is 0. The van der Waals surface area contributed by atoms with Gasteiger partial charge in [-0.05, 0) is 42.6 Å². The smallest absolute Gasteiger partial charge is 0.241 e. The predicted molar refractivity (Wildman–Crippen MR) is 108 cm³/mol. The number of ether oxygens (including phenoxy) is 1. The van der Waals surface area contributed by atoms with Crippen LogP contribution in [0.5, 0.6) is 5.75 Å². The summed E-state index contributed by atoms with van der Waals surface area (Å²) in [6.45, 7) is 9.24. The topological polar surface area (TPSA) is 41.6 Å². The highest BCUT2D eigenvalue weighted by Gasteiger charge is 2.20. The lowest BCUT2D eigenvalue weighted by Crippen LogP contribution is -2.39. The Kier molecular flexibility index (Phi) is 6.43. The minimum absolute atomic E-state index is 0.0525. The highest BCUT2D eigenvalue weighted by molar-refractivity contribution is 5.95. The zero-order chi connectivity index (χ0) is 19.3. The molecule has 0 spiro atoms. The Morgan fingerprint density at radius 3 is 2.31 bits per heavy atom. The van der Waals surface area contributed by atoms with Crippen molar-refractivity contribution in [3.05, 3.63) is 59.7 Å². The zero-order valence-corrected chi connectivity index (χ0v) is 16.7. The van der Waals surface area contributed by atoms with Gasteiger partial charge >= 0.3 is 0 Å². The van der Waals surface area contributed by atoms with Crippen LogP contribution in [-0.2, 0) is 16.8 Å². The molecule has 2 aromatic rings. The van der Waals surface area contributed by atoms with Crippen LogP contribution in [0, 0.1) is 0 Å². The second-order valence-corrected chi connectivity index (χ2v) is 7.73. The molecule has 1 amide bonds. The highest BCUT2D eigenvalue weighted by Crippen LogP contribution is 2.24. The number of carbonyl (C=O) groups excluding carboxylic acids is 1. The van der Waals surface area contributed by atoms with E-state index in [1.807, 2.05) is 43.1 Å². The van der Waals surface area contributed by atoms with Gasteiger partial charge in [-0.15, -0.1) is 0 Å². The molecule has 0 fully saturated rings. The maximum atomic E-state index is 12.6. The molecule has 0 aliphatic rings. The van der Waals surface area contributed by atoms with Crippen LogP contribution < -0.4 is 10.1 Å². The van der Waals surface area contributed by atoms with Gasteiger partial charge in [0.1, 0.15) is 5.75 Å². The third kappa shape index (κ3) is 5.09. The summed E-state index contributed by atoms with van der Waals surface area (Å²) in [6, 6.07) is 15.8. The summed E-state index contributed by atoms with van der Waals surface area (Å²) in [5, 5.41) is 2.95. The van der Waals surface area contributed by atoms with E-state index in [9.17, 15) is 4.79 Å². The average Bonchev–Trinajstić information content (AvgIpc) is 2.61.